The topological polar surface area (TPSA) is 76.4 Å². The minimum absolute atomic E-state index is 0.0938. The minimum Gasteiger partial charge on any atom is -0.393 e. The first-order chi connectivity index (χ1) is 9.58. The Hall–Kier alpha value is -1.90. The quantitative estimate of drug-likeness (QED) is 0.867. The molecule has 106 valence electrons. The normalized spacial score (nSPS) is 23.1. The number of carbonyl (C=O) groups excluding carboxylic acids is 1. The molecule has 1 saturated heterocycles. The number of carbonyl (C=O) groups is 1. The Labute approximate surface area is 118 Å². The van der Waals surface area contributed by atoms with Crippen molar-refractivity contribution in [3.63, 3.8) is 0 Å². The molecule has 1 amide bonds. The van der Waals surface area contributed by atoms with E-state index in [9.17, 15) is 9.90 Å². The molecule has 0 saturated carbocycles. The number of nitrogens with one attached hydrogen (secondary N) is 1. The lowest BCUT2D eigenvalue weighted by atomic mass is 9.97. The van der Waals surface area contributed by atoms with Crippen LogP contribution in [-0.4, -0.2) is 41.7 Å². The molecular formula is C15H19N3O2. The molecule has 0 spiro atoms. The van der Waals surface area contributed by atoms with Crippen LogP contribution in [-0.2, 0) is 4.79 Å². The fraction of sp³-hybridized carbons (Fsp3) is 0.467. The van der Waals surface area contributed by atoms with Gasteiger partial charge in [-0.25, -0.2) is 0 Å². The third-order valence-corrected chi connectivity index (χ3v) is 3.59. The lowest BCUT2D eigenvalue weighted by Crippen LogP contribution is -2.45. The van der Waals surface area contributed by atoms with Gasteiger partial charge in [0.15, 0.2) is 0 Å². The van der Waals surface area contributed by atoms with Crippen molar-refractivity contribution >= 4 is 11.6 Å². The van der Waals surface area contributed by atoms with Gasteiger partial charge in [0, 0.05) is 18.8 Å². The van der Waals surface area contributed by atoms with Crippen molar-refractivity contribution in [2.45, 2.75) is 19.4 Å². The van der Waals surface area contributed by atoms with Crippen molar-refractivity contribution in [2.75, 3.05) is 25.0 Å². The predicted octanol–water partition coefficient (Wildman–Crippen LogP) is 1.20. The Morgan fingerprint density at radius 1 is 1.60 bits per heavy atom. The van der Waals surface area contributed by atoms with Crippen LogP contribution in [0.3, 0.4) is 0 Å². The summed E-state index contributed by atoms with van der Waals surface area (Å²) in [5, 5.41) is 21.3. The van der Waals surface area contributed by atoms with E-state index in [-0.39, 0.29) is 17.9 Å². The van der Waals surface area contributed by atoms with Crippen molar-refractivity contribution in [3.05, 3.63) is 29.8 Å². The van der Waals surface area contributed by atoms with E-state index in [0.717, 1.165) is 13.1 Å². The molecule has 2 unspecified atom stereocenters. The van der Waals surface area contributed by atoms with Gasteiger partial charge in [0.25, 0.3) is 0 Å². The summed E-state index contributed by atoms with van der Waals surface area (Å²) in [5.74, 6) is 0.0992. The van der Waals surface area contributed by atoms with Gasteiger partial charge in [-0.15, -0.1) is 0 Å². The van der Waals surface area contributed by atoms with Crippen LogP contribution >= 0.6 is 0 Å². The fourth-order valence-corrected chi connectivity index (χ4v) is 2.43. The number of piperidine rings is 1. The molecule has 0 aromatic heterocycles. The summed E-state index contributed by atoms with van der Waals surface area (Å²) in [5.41, 5.74) is 1.16. The number of aliphatic hydroxyl groups is 1. The van der Waals surface area contributed by atoms with E-state index in [2.05, 4.69) is 5.32 Å². The zero-order chi connectivity index (χ0) is 14.5. The number of hydrogen-bond donors (Lipinski definition) is 2. The zero-order valence-corrected chi connectivity index (χ0v) is 11.5. The second-order valence-electron chi connectivity index (χ2n) is 5.31. The molecule has 1 aliphatic heterocycles. The summed E-state index contributed by atoms with van der Waals surface area (Å²) in [7, 11) is 0. The molecule has 2 N–H and O–H groups in total. The standard InChI is InChI=1S/C15H19N3O2/c1-11-9-18(6-5-14(11)19)10-15(20)17-13-4-2-3-12(7-13)8-16/h2-4,7,11,14,19H,5-6,9-10H2,1H3,(H,17,20). The maximum Gasteiger partial charge on any atom is 0.238 e. The number of benzene rings is 1. The van der Waals surface area contributed by atoms with Crippen molar-refractivity contribution in [3.8, 4) is 6.07 Å². The van der Waals surface area contributed by atoms with E-state index in [0.29, 0.717) is 24.2 Å². The molecule has 0 aliphatic carbocycles. The van der Waals surface area contributed by atoms with Gasteiger partial charge in [0.2, 0.25) is 5.91 Å². The smallest absolute Gasteiger partial charge is 0.238 e. The molecule has 5 heteroatoms. The molecule has 5 nitrogen and oxygen atoms in total. The largest absolute Gasteiger partial charge is 0.393 e. The van der Waals surface area contributed by atoms with Crippen LogP contribution in [0.1, 0.15) is 18.9 Å². The maximum atomic E-state index is 12.0. The fourth-order valence-electron chi connectivity index (χ4n) is 2.43. The lowest BCUT2D eigenvalue weighted by molar-refractivity contribution is -0.118. The molecule has 2 atom stereocenters. The van der Waals surface area contributed by atoms with E-state index in [4.69, 9.17) is 5.26 Å². The third-order valence-electron chi connectivity index (χ3n) is 3.59. The second kappa shape index (κ2) is 6.51. The molecular weight excluding hydrogens is 254 g/mol. The minimum atomic E-state index is -0.262. The van der Waals surface area contributed by atoms with Crippen molar-refractivity contribution in [1.29, 1.82) is 5.26 Å². The lowest BCUT2D eigenvalue weighted by Gasteiger charge is -2.33. The Balaban J connectivity index is 1.88. The van der Waals surface area contributed by atoms with E-state index in [1.165, 1.54) is 0 Å². The number of rotatable bonds is 3. The molecule has 20 heavy (non-hydrogen) atoms. The molecule has 2 rings (SSSR count). The highest BCUT2D eigenvalue weighted by Crippen LogP contribution is 2.16. The van der Waals surface area contributed by atoms with E-state index in [1.54, 1.807) is 24.3 Å². The number of nitrogens with zero attached hydrogens (tertiary/aromatic N) is 2. The molecule has 1 aromatic rings. The third kappa shape index (κ3) is 3.80. The summed E-state index contributed by atoms with van der Waals surface area (Å²) in [6.45, 7) is 3.77. The van der Waals surface area contributed by atoms with Gasteiger partial charge in [0.1, 0.15) is 0 Å². The van der Waals surface area contributed by atoms with Crippen LogP contribution in [0.4, 0.5) is 5.69 Å². The SMILES string of the molecule is CC1CN(CC(=O)Nc2cccc(C#N)c2)CCC1O. The summed E-state index contributed by atoms with van der Waals surface area (Å²) in [6, 6.07) is 8.90. The van der Waals surface area contributed by atoms with Gasteiger partial charge in [0.05, 0.1) is 24.3 Å². The maximum absolute atomic E-state index is 12.0. The Morgan fingerprint density at radius 2 is 2.40 bits per heavy atom. The highest BCUT2D eigenvalue weighted by molar-refractivity contribution is 5.92. The molecule has 0 radical (unpaired) electrons. The molecule has 1 heterocycles. The average molecular weight is 273 g/mol. The summed E-state index contributed by atoms with van der Waals surface area (Å²) < 4.78 is 0. The molecule has 0 bridgehead atoms. The van der Waals surface area contributed by atoms with Gasteiger partial charge in [-0.2, -0.15) is 5.26 Å². The van der Waals surface area contributed by atoms with Gasteiger partial charge in [-0.1, -0.05) is 13.0 Å². The van der Waals surface area contributed by atoms with Crippen LogP contribution < -0.4 is 5.32 Å². The van der Waals surface area contributed by atoms with Gasteiger partial charge in [-0.05, 0) is 30.5 Å². The monoisotopic (exact) mass is 273 g/mol. The van der Waals surface area contributed by atoms with E-state index < -0.39 is 0 Å². The van der Waals surface area contributed by atoms with Crippen LogP contribution in [0.25, 0.3) is 0 Å². The summed E-state index contributed by atoms with van der Waals surface area (Å²) in [4.78, 5) is 14.0. The first-order valence-corrected chi connectivity index (χ1v) is 6.79. The van der Waals surface area contributed by atoms with Crippen LogP contribution in [0.5, 0.6) is 0 Å². The number of nitriles is 1. The van der Waals surface area contributed by atoms with Crippen molar-refractivity contribution in [2.24, 2.45) is 5.92 Å². The number of aliphatic hydroxyl groups excluding tert-OH is 1. The second-order valence-corrected chi connectivity index (χ2v) is 5.31. The van der Waals surface area contributed by atoms with Crippen molar-refractivity contribution < 1.29 is 9.90 Å². The number of amides is 1. The molecule has 1 aromatic carbocycles. The predicted molar refractivity (Wildman–Crippen MR) is 76.0 cm³/mol. The van der Waals surface area contributed by atoms with Crippen LogP contribution in [0.15, 0.2) is 24.3 Å². The summed E-state index contributed by atoms with van der Waals surface area (Å²) >= 11 is 0. The number of likely N-dealkylation sites (tertiary alicyclic amines) is 1. The van der Waals surface area contributed by atoms with Crippen molar-refractivity contribution in [1.82, 2.24) is 4.90 Å². The zero-order valence-electron chi connectivity index (χ0n) is 11.5. The number of anilines is 1. The van der Waals surface area contributed by atoms with Crippen LogP contribution in [0.2, 0.25) is 0 Å². The van der Waals surface area contributed by atoms with Gasteiger partial charge in [-0.3, -0.25) is 9.69 Å². The first kappa shape index (κ1) is 14.5. The summed E-state index contributed by atoms with van der Waals surface area (Å²) in [6.07, 6.45) is 0.444. The number of hydrogen-bond acceptors (Lipinski definition) is 4. The molecule has 1 aliphatic rings. The molecule has 1 fully saturated rings. The van der Waals surface area contributed by atoms with Gasteiger partial charge < -0.3 is 10.4 Å². The Kier molecular flexibility index (Phi) is 4.72. The van der Waals surface area contributed by atoms with Gasteiger partial charge >= 0.3 is 0 Å². The Bertz CT molecular complexity index is 524. The highest BCUT2D eigenvalue weighted by Gasteiger charge is 2.25. The van der Waals surface area contributed by atoms with E-state index in [1.807, 2.05) is 17.9 Å². The average Bonchev–Trinajstić information content (AvgIpc) is 2.43. The first-order valence-electron chi connectivity index (χ1n) is 6.79. The Morgan fingerprint density at radius 3 is 3.10 bits per heavy atom. The van der Waals surface area contributed by atoms with E-state index >= 15 is 0 Å². The van der Waals surface area contributed by atoms with Crippen LogP contribution in [0, 0.1) is 17.2 Å². The highest BCUT2D eigenvalue weighted by atomic mass is 16.3.